The van der Waals surface area contributed by atoms with Gasteiger partial charge in [-0.25, -0.2) is 9.18 Å². The summed E-state index contributed by atoms with van der Waals surface area (Å²) in [4.78, 5) is 22.5. The summed E-state index contributed by atoms with van der Waals surface area (Å²) in [6.07, 6.45) is 4.55. The molecule has 1 atom stereocenters. The molecule has 0 aliphatic carbocycles. The smallest absolute Gasteiger partial charge is 0.338 e. The first-order chi connectivity index (χ1) is 10.1. The van der Waals surface area contributed by atoms with Gasteiger partial charge in [-0.05, 0) is 44.0 Å². The predicted molar refractivity (Wildman–Crippen MR) is 76.9 cm³/mol. The van der Waals surface area contributed by atoms with Crippen molar-refractivity contribution in [1.29, 1.82) is 0 Å². The van der Waals surface area contributed by atoms with Gasteiger partial charge in [0.2, 0.25) is 5.91 Å². The molecule has 3 N–H and O–H groups in total. The Morgan fingerprint density at radius 3 is 2.81 bits per heavy atom. The lowest BCUT2D eigenvalue weighted by Crippen LogP contribution is -2.34. The Morgan fingerprint density at radius 1 is 1.38 bits per heavy atom. The number of hydrogen-bond acceptors (Lipinski definition) is 3. The van der Waals surface area contributed by atoms with Gasteiger partial charge in [0.25, 0.3) is 0 Å². The molecule has 1 heterocycles. The topological polar surface area (TPSA) is 78.4 Å². The summed E-state index contributed by atoms with van der Waals surface area (Å²) >= 11 is 0. The zero-order chi connectivity index (χ0) is 15.2. The highest BCUT2D eigenvalue weighted by molar-refractivity contribution is 5.92. The van der Waals surface area contributed by atoms with Crippen LogP contribution < -0.4 is 10.6 Å². The second-order valence-corrected chi connectivity index (χ2v) is 5.23. The van der Waals surface area contributed by atoms with E-state index < -0.39 is 17.3 Å². The number of hydrogen-bond donors (Lipinski definition) is 3. The van der Waals surface area contributed by atoms with Crippen LogP contribution in [-0.2, 0) is 4.79 Å². The second kappa shape index (κ2) is 7.17. The van der Waals surface area contributed by atoms with Crippen molar-refractivity contribution in [1.82, 2.24) is 5.32 Å². The van der Waals surface area contributed by atoms with E-state index in [1.165, 1.54) is 18.9 Å². The third-order valence-electron chi connectivity index (χ3n) is 3.62. The fourth-order valence-corrected chi connectivity index (χ4v) is 2.47. The number of amides is 1. The number of nitrogens with one attached hydrogen (secondary N) is 2. The SMILES string of the molecule is O=C(CCC1CCCCN1)Nc1ccc(C(=O)O)c(F)c1. The van der Waals surface area contributed by atoms with Crippen LogP contribution in [0.15, 0.2) is 18.2 Å². The van der Waals surface area contributed by atoms with E-state index in [0.29, 0.717) is 12.5 Å². The summed E-state index contributed by atoms with van der Waals surface area (Å²) in [5, 5.41) is 14.7. The second-order valence-electron chi connectivity index (χ2n) is 5.23. The van der Waals surface area contributed by atoms with Crippen LogP contribution in [0.25, 0.3) is 0 Å². The molecule has 1 aliphatic heterocycles. The molecule has 0 saturated carbocycles. The van der Waals surface area contributed by atoms with E-state index in [9.17, 15) is 14.0 Å². The van der Waals surface area contributed by atoms with Gasteiger partial charge in [-0.15, -0.1) is 0 Å². The molecule has 0 spiro atoms. The quantitative estimate of drug-likeness (QED) is 0.779. The average molecular weight is 294 g/mol. The highest BCUT2D eigenvalue weighted by Gasteiger charge is 2.15. The number of carbonyl (C=O) groups excluding carboxylic acids is 1. The number of halogens is 1. The van der Waals surface area contributed by atoms with Gasteiger partial charge in [0.05, 0.1) is 5.56 Å². The number of piperidine rings is 1. The van der Waals surface area contributed by atoms with Gasteiger partial charge in [-0.3, -0.25) is 4.79 Å². The minimum atomic E-state index is -1.33. The highest BCUT2D eigenvalue weighted by Crippen LogP contribution is 2.16. The van der Waals surface area contributed by atoms with Crippen LogP contribution in [0.5, 0.6) is 0 Å². The molecule has 21 heavy (non-hydrogen) atoms. The van der Waals surface area contributed by atoms with Crippen LogP contribution in [0.1, 0.15) is 42.5 Å². The lowest BCUT2D eigenvalue weighted by atomic mass is 10.0. The van der Waals surface area contributed by atoms with Crippen molar-refractivity contribution in [3.63, 3.8) is 0 Å². The fourth-order valence-electron chi connectivity index (χ4n) is 2.47. The molecule has 5 nitrogen and oxygen atoms in total. The highest BCUT2D eigenvalue weighted by atomic mass is 19.1. The van der Waals surface area contributed by atoms with Crippen LogP contribution >= 0.6 is 0 Å². The Bertz CT molecular complexity index is 528. The third kappa shape index (κ3) is 4.53. The fraction of sp³-hybridized carbons (Fsp3) is 0.467. The van der Waals surface area contributed by atoms with Gasteiger partial charge in [0.1, 0.15) is 5.82 Å². The van der Waals surface area contributed by atoms with Crippen molar-refractivity contribution in [2.24, 2.45) is 0 Å². The van der Waals surface area contributed by atoms with E-state index >= 15 is 0 Å². The first-order valence-electron chi connectivity index (χ1n) is 7.12. The normalized spacial score (nSPS) is 18.2. The maximum Gasteiger partial charge on any atom is 0.338 e. The number of aromatic carboxylic acids is 1. The molecule has 1 unspecified atom stereocenters. The van der Waals surface area contributed by atoms with Gasteiger partial charge < -0.3 is 15.7 Å². The van der Waals surface area contributed by atoms with Gasteiger partial charge in [0, 0.05) is 18.2 Å². The molecule has 0 radical (unpaired) electrons. The van der Waals surface area contributed by atoms with E-state index in [-0.39, 0.29) is 11.6 Å². The first kappa shape index (κ1) is 15.4. The van der Waals surface area contributed by atoms with Gasteiger partial charge in [-0.1, -0.05) is 6.42 Å². The van der Waals surface area contributed by atoms with Crippen LogP contribution in [0.4, 0.5) is 10.1 Å². The Labute approximate surface area is 122 Å². The standard InChI is InChI=1S/C15H19FN2O3/c16-13-9-11(4-6-12(13)15(20)21)18-14(19)7-5-10-3-1-2-8-17-10/h4,6,9-10,17H,1-3,5,7-8H2,(H,18,19)(H,20,21). The number of benzene rings is 1. The largest absolute Gasteiger partial charge is 0.478 e. The molecular weight excluding hydrogens is 275 g/mol. The van der Waals surface area contributed by atoms with Crippen LogP contribution in [0, 0.1) is 5.82 Å². The summed E-state index contributed by atoms with van der Waals surface area (Å²) in [5.41, 5.74) is -0.126. The zero-order valence-electron chi connectivity index (χ0n) is 11.7. The minimum absolute atomic E-state index is 0.190. The van der Waals surface area contributed by atoms with E-state index in [0.717, 1.165) is 31.5 Å². The maximum absolute atomic E-state index is 13.5. The lowest BCUT2D eigenvalue weighted by Gasteiger charge is -2.23. The molecule has 1 aromatic rings. The number of anilines is 1. The molecule has 2 rings (SSSR count). The molecule has 1 fully saturated rings. The number of carboxylic acid groups (broad SMARTS) is 1. The first-order valence-corrected chi connectivity index (χ1v) is 7.12. The molecule has 1 amide bonds. The van der Waals surface area contributed by atoms with E-state index in [1.807, 2.05) is 0 Å². The maximum atomic E-state index is 13.5. The Hall–Kier alpha value is -1.95. The lowest BCUT2D eigenvalue weighted by molar-refractivity contribution is -0.116. The molecule has 1 aromatic carbocycles. The van der Waals surface area contributed by atoms with Gasteiger partial charge in [0.15, 0.2) is 0 Å². The Balaban J connectivity index is 1.84. The van der Waals surface area contributed by atoms with Crippen molar-refractivity contribution in [2.75, 3.05) is 11.9 Å². The number of carboxylic acids is 1. The van der Waals surface area contributed by atoms with Gasteiger partial charge >= 0.3 is 5.97 Å². The Morgan fingerprint density at radius 2 is 2.19 bits per heavy atom. The molecule has 6 heteroatoms. The summed E-state index contributed by atoms with van der Waals surface area (Å²) in [5.74, 6) is -2.37. The van der Waals surface area contributed by atoms with Crippen LogP contribution in [-0.4, -0.2) is 29.6 Å². The van der Waals surface area contributed by atoms with Crippen molar-refractivity contribution >= 4 is 17.6 Å². The van der Waals surface area contributed by atoms with E-state index in [2.05, 4.69) is 10.6 Å². The number of rotatable bonds is 5. The van der Waals surface area contributed by atoms with E-state index in [1.54, 1.807) is 0 Å². The van der Waals surface area contributed by atoms with E-state index in [4.69, 9.17) is 5.11 Å². The molecule has 0 bridgehead atoms. The molecule has 0 aromatic heterocycles. The molecule has 1 saturated heterocycles. The monoisotopic (exact) mass is 294 g/mol. The minimum Gasteiger partial charge on any atom is -0.478 e. The van der Waals surface area contributed by atoms with Crippen molar-refractivity contribution in [3.05, 3.63) is 29.6 Å². The van der Waals surface area contributed by atoms with Crippen molar-refractivity contribution in [2.45, 2.75) is 38.1 Å². The third-order valence-corrected chi connectivity index (χ3v) is 3.62. The zero-order valence-corrected chi connectivity index (χ0v) is 11.7. The summed E-state index contributed by atoms with van der Waals surface area (Å²) in [6.45, 7) is 0.994. The Kier molecular flexibility index (Phi) is 5.27. The van der Waals surface area contributed by atoms with Gasteiger partial charge in [-0.2, -0.15) is 0 Å². The summed E-state index contributed by atoms with van der Waals surface area (Å²) < 4.78 is 13.5. The molecule has 114 valence electrons. The van der Waals surface area contributed by atoms with Crippen molar-refractivity contribution < 1.29 is 19.1 Å². The predicted octanol–water partition coefficient (Wildman–Crippen LogP) is 2.38. The van der Waals surface area contributed by atoms with Crippen LogP contribution in [0.3, 0.4) is 0 Å². The summed E-state index contributed by atoms with van der Waals surface area (Å²) in [6, 6.07) is 3.94. The average Bonchev–Trinajstić information content (AvgIpc) is 2.46. The molecule has 1 aliphatic rings. The number of carbonyl (C=O) groups is 2. The molecular formula is C15H19FN2O3. The van der Waals surface area contributed by atoms with Crippen LogP contribution in [0.2, 0.25) is 0 Å². The van der Waals surface area contributed by atoms with Crippen molar-refractivity contribution in [3.8, 4) is 0 Å². The summed E-state index contributed by atoms with van der Waals surface area (Å²) in [7, 11) is 0.